The summed E-state index contributed by atoms with van der Waals surface area (Å²) in [6.45, 7) is 5.25. The van der Waals surface area contributed by atoms with Crippen LogP contribution in [-0.4, -0.2) is 65.4 Å². The maximum Gasteiger partial charge on any atom is 0.363 e. The average Bonchev–Trinajstić information content (AvgIpc) is 3.28. The van der Waals surface area contributed by atoms with Crippen LogP contribution in [0.1, 0.15) is 83.4 Å². The van der Waals surface area contributed by atoms with Gasteiger partial charge in [0, 0.05) is 29.2 Å². The van der Waals surface area contributed by atoms with Gasteiger partial charge in [-0.3, -0.25) is 23.7 Å². The van der Waals surface area contributed by atoms with Gasteiger partial charge in [-0.15, -0.1) is 5.06 Å². The van der Waals surface area contributed by atoms with Gasteiger partial charge in [0.1, 0.15) is 0 Å². The van der Waals surface area contributed by atoms with E-state index in [1.807, 2.05) is 0 Å². The molecule has 3 aromatic rings. The fourth-order valence-corrected chi connectivity index (χ4v) is 7.96. The van der Waals surface area contributed by atoms with Crippen LogP contribution in [0.15, 0.2) is 51.2 Å². The largest absolute Gasteiger partial charge is 0.478 e. The molecule has 49 heavy (non-hydrogen) atoms. The summed E-state index contributed by atoms with van der Waals surface area (Å²) in [5.41, 5.74) is 3.36. The number of carboxylic acid groups (broad SMARTS) is 1. The van der Waals surface area contributed by atoms with E-state index < -0.39 is 82.1 Å². The van der Waals surface area contributed by atoms with Gasteiger partial charge in [0.15, 0.2) is 21.3 Å². The standard InChI is InChI=1S/C31H27N3O13S2/c1-13-12-31(2,3)33-24-17(13)11-19-23(16-6-7-20(32)27(48(40,41)42)25(16)46-26(19)28(24)49(43,44)45)18-10-14(4-5-15(18)29(37)38)30(39)47-34-21(35)8-9-22(34)36/h4-7,10-11,13H,8-9,12,32H2,1-3H3,(H,37,38)(H,40,41,42)(H,43,44,45). The summed E-state index contributed by atoms with van der Waals surface area (Å²) < 4.78 is 78.3. The molecule has 3 aromatic carbocycles. The first-order chi connectivity index (χ1) is 22.7. The number of hydroxylamine groups is 2. The molecule has 0 spiro atoms. The van der Waals surface area contributed by atoms with Crippen molar-refractivity contribution in [3.05, 3.63) is 74.8 Å². The number of anilines is 1. The van der Waals surface area contributed by atoms with E-state index in [-0.39, 0.29) is 56.7 Å². The molecular formula is C31H27N3O13S2. The molecule has 0 aliphatic carbocycles. The second-order valence-corrected chi connectivity index (χ2v) is 15.1. The number of carbonyl (C=O) groups is 4. The molecule has 1 atom stereocenters. The smallest absolute Gasteiger partial charge is 0.363 e. The lowest BCUT2D eigenvalue weighted by Gasteiger charge is -2.32. The molecule has 6 rings (SSSR count). The topological polar surface area (TPSA) is 257 Å². The Hall–Kier alpha value is -5.17. The summed E-state index contributed by atoms with van der Waals surface area (Å²) >= 11 is 0. The van der Waals surface area contributed by atoms with Crippen molar-refractivity contribution in [2.45, 2.75) is 61.3 Å². The monoisotopic (exact) mass is 713 g/mol. The Morgan fingerprint density at radius 1 is 0.959 bits per heavy atom. The molecule has 3 aliphatic rings. The van der Waals surface area contributed by atoms with E-state index >= 15 is 0 Å². The van der Waals surface area contributed by atoms with Gasteiger partial charge in [0.2, 0.25) is 0 Å². The van der Waals surface area contributed by atoms with Crippen molar-refractivity contribution in [2.75, 3.05) is 5.73 Å². The normalized spacial score (nSPS) is 18.2. The number of hydrogen-bond acceptors (Lipinski definition) is 12. The molecule has 0 bridgehead atoms. The van der Waals surface area contributed by atoms with Crippen LogP contribution in [0.3, 0.4) is 0 Å². The number of rotatable bonds is 6. The van der Waals surface area contributed by atoms with Crippen LogP contribution in [0.25, 0.3) is 5.57 Å². The molecule has 0 radical (unpaired) electrons. The highest BCUT2D eigenvalue weighted by Gasteiger charge is 2.39. The van der Waals surface area contributed by atoms with E-state index in [4.69, 9.17) is 15.3 Å². The minimum Gasteiger partial charge on any atom is -0.478 e. The summed E-state index contributed by atoms with van der Waals surface area (Å²) in [7, 11) is -10.4. The SMILES string of the molecule is CC1CC(C)(C)N=c2c1cc1c(c2S(=O)(=O)O)Oc2c(ccc(N)c2S(=O)(=O)O)C=1c1cc(C(=O)ON2C(=O)CCC2=O)ccc1C(=O)O. The van der Waals surface area contributed by atoms with E-state index in [1.54, 1.807) is 20.8 Å². The lowest BCUT2D eigenvalue weighted by Crippen LogP contribution is -2.38. The van der Waals surface area contributed by atoms with Crippen molar-refractivity contribution in [2.24, 2.45) is 4.99 Å². The maximum absolute atomic E-state index is 13.2. The molecule has 3 heterocycles. The van der Waals surface area contributed by atoms with Gasteiger partial charge < -0.3 is 20.4 Å². The number of aromatic carboxylic acids is 1. The third-order valence-electron chi connectivity index (χ3n) is 8.33. The first-order valence-electron chi connectivity index (χ1n) is 14.5. The molecule has 18 heteroatoms. The minimum atomic E-state index is -5.23. The van der Waals surface area contributed by atoms with Crippen molar-refractivity contribution in [1.82, 2.24) is 5.06 Å². The average molecular weight is 714 g/mol. The number of carbonyl (C=O) groups excluding carboxylic acids is 3. The molecule has 1 saturated heterocycles. The van der Waals surface area contributed by atoms with Crippen molar-refractivity contribution >= 4 is 55.2 Å². The summed E-state index contributed by atoms with van der Waals surface area (Å²) in [6, 6.07) is 6.86. The molecule has 1 unspecified atom stereocenters. The third kappa shape index (κ3) is 5.71. The van der Waals surface area contributed by atoms with Gasteiger partial charge in [-0.1, -0.05) is 6.92 Å². The fourth-order valence-electron chi connectivity index (χ4n) is 6.41. The Labute approximate surface area is 277 Å². The number of amides is 2. The number of imide groups is 1. The predicted octanol–water partition coefficient (Wildman–Crippen LogP) is 1.94. The summed E-state index contributed by atoms with van der Waals surface area (Å²) in [6.07, 6.45) is 0.0419. The third-order valence-corrected chi connectivity index (χ3v) is 10.2. The summed E-state index contributed by atoms with van der Waals surface area (Å²) in [5.74, 6) is -6.08. The molecule has 1 fully saturated rings. The van der Waals surface area contributed by atoms with Gasteiger partial charge in [0.05, 0.1) is 27.7 Å². The second-order valence-electron chi connectivity index (χ2n) is 12.4. The minimum absolute atomic E-state index is 0.149. The highest BCUT2D eigenvalue weighted by atomic mass is 32.2. The fraction of sp³-hybridized carbons (Fsp3) is 0.258. The molecule has 2 amide bonds. The van der Waals surface area contributed by atoms with Crippen LogP contribution < -0.4 is 21.0 Å². The highest BCUT2D eigenvalue weighted by Crippen LogP contribution is 2.45. The lowest BCUT2D eigenvalue weighted by molar-refractivity contribution is -0.172. The van der Waals surface area contributed by atoms with Crippen molar-refractivity contribution in [3.8, 4) is 11.5 Å². The zero-order chi connectivity index (χ0) is 36.0. The Morgan fingerprint density at radius 3 is 2.18 bits per heavy atom. The molecule has 256 valence electrons. The molecule has 0 aromatic heterocycles. The molecule has 0 saturated carbocycles. The van der Waals surface area contributed by atoms with Gasteiger partial charge >= 0.3 is 11.9 Å². The van der Waals surface area contributed by atoms with Crippen LogP contribution in [0.4, 0.5) is 5.69 Å². The molecule has 3 aliphatic heterocycles. The van der Waals surface area contributed by atoms with Gasteiger partial charge in [-0.05, 0) is 73.7 Å². The Bertz CT molecular complexity index is 2400. The van der Waals surface area contributed by atoms with Gasteiger partial charge in [0.25, 0.3) is 32.1 Å². The lowest BCUT2D eigenvalue weighted by atomic mass is 9.82. The quantitative estimate of drug-likeness (QED) is 0.127. The van der Waals surface area contributed by atoms with E-state index in [2.05, 4.69) is 4.99 Å². The van der Waals surface area contributed by atoms with E-state index in [0.717, 1.165) is 24.3 Å². The number of fused-ring (bicyclic) bond motifs is 3. The predicted molar refractivity (Wildman–Crippen MR) is 166 cm³/mol. The number of benzene rings is 3. The molecular weight excluding hydrogens is 686 g/mol. The van der Waals surface area contributed by atoms with Crippen LogP contribution in [0, 0.1) is 0 Å². The first-order valence-corrected chi connectivity index (χ1v) is 17.4. The Morgan fingerprint density at radius 2 is 1.59 bits per heavy atom. The van der Waals surface area contributed by atoms with Crippen LogP contribution in [0.5, 0.6) is 11.5 Å². The maximum atomic E-state index is 13.2. The number of carboxylic acids is 1. The van der Waals surface area contributed by atoms with E-state index in [1.165, 1.54) is 12.1 Å². The first kappa shape index (κ1) is 33.7. The van der Waals surface area contributed by atoms with Crippen molar-refractivity contribution in [3.63, 3.8) is 0 Å². The number of nitrogens with zero attached hydrogens (tertiary/aromatic N) is 2. The number of nitrogen functional groups attached to an aromatic ring is 1. The van der Waals surface area contributed by atoms with Crippen LogP contribution in [-0.2, 0) is 34.7 Å². The van der Waals surface area contributed by atoms with Crippen LogP contribution >= 0.6 is 0 Å². The van der Waals surface area contributed by atoms with E-state index in [0.29, 0.717) is 12.0 Å². The number of ether oxygens (including phenoxy) is 1. The number of nitrogens with two attached hydrogens (primary N) is 1. The molecule has 5 N–H and O–H groups in total. The van der Waals surface area contributed by atoms with Gasteiger partial charge in [-0.25, -0.2) is 9.59 Å². The molecule has 16 nitrogen and oxygen atoms in total. The zero-order valence-electron chi connectivity index (χ0n) is 25.9. The van der Waals surface area contributed by atoms with Crippen molar-refractivity contribution in [1.29, 1.82) is 0 Å². The van der Waals surface area contributed by atoms with Crippen molar-refractivity contribution < 1.29 is 59.8 Å². The highest BCUT2D eigenvalue weighted by molar-refractivity contribution is 7.86. The second kappa shape index (κ2) is 11.2. The van der Waals surface area contributed by atoms with Gasteiger partial charge in [-0.2, -0.15) is 16.8 Å². The summed E-state index contributed by atoms with van der Waals surface area (Å²) in [4.78, 5) is 57.8. The zero-order valence-corrected chi connectivity index (χ0v) is 27.5. The summed E-state index contributed by atoms with van der Waals surface area (Å²) in [5, 5.41) is 10.2. The number of hydrogen-bond donors (Lipinski definition) is 4. The van der Waals surface area contributed by atoms with E-state index in [9.17, 15) is 50.2 Å². The van der Waals surface area contributed by atoms with Crippen LogP contribution in [0.2, 0.25) is 0 Å². The Kier molecular flexibility index (Phi) is 7.70. The Balaban J connectivity index is 1.79.